The summed E-state index contributed by atoms with van der Waals surface area (Å²) in [5.74, 6) is -0.572. The van der Waals surface area contributed by atoms with Crippen molar-refractivity contribution >= 4 is 11.9 Å². The van der Waals surface area contributed by atoms with Crippen molar-refractivity contribution in [2.24, 2.45) is 5.92 Å². The zero-order valence-electron chi connectivity index (χ0n) is 11.8. The highest BCUT2D eigenvalue weighted by molar-refractivity contribution is 5.95. The van der Waals surface area contributed by atoms with Crippen LogP contribution in [0.3, 0.4) is 0 Å². The minimum absolute atomic E-state index is 0.109. The number of carbonyl (C=O) groups excluding carboxylic acids is 2. The summed E-state index contributed by atoms with van der Waals surface area (Å²) in [7, 11) is 1.36. The van der Waals surface area contributed by atoms with Gasteiger partial charge in [0.15, 0.2) is 0 Å². The number of piperidine rings is 1. The van der Waals surface area contributed by atoms with Crippen molar-refractivity contribution in [2.45, 2.75) is 19.8 Å². The number of nitrogens with zero attached hydrogens (tertiary/aromatic N) is 1. The molecule has 1 saturated heterocycles. The van der Waals surface area contributed by atoms with Gasteiger partial charge in [0.25, 0.3) is 5.91 Å². The van der Waals surface area contributed by atoms with Gasteiger partial charge in [0.05, 0.1) is 13.0 Å². The van der Waals surface area contributed by atoms with Gasteiger partial charge in [-0.25, -0.2) is 0 Å². The third kappa shape index (κ3) is 2.92. The minimum Gasteiger partial charge on any atom is -0.508 e. The number of amides is 1. The van der Waals surface area contributed by atoms with E-state index < -0.39 is 0 Å². The molecule has 0 spiro atoms. The molecule has 5 heteroatoms. The van der Waals surface area contributed by atoms with Gasteiger partial charge in [-0.15, -0.1) is 0 Å². The average molecular weight is 277 g/mol. The Kier molecular flexibility index (Phi) is 4.27. The van der Waals surface area contributed by atoms with E-state index in [1.54, 1.807) is 24.0 Å². The first-order valence-electron chi connectivity index (χ1n) is 6.69. The van der Waals surface area contributed by atoms with Crippen LogP contribution < -0.4 is 0 Å². The molecule has 1 unspecified atom stereocenters. The number of ether oxygens (including phenoxy) is 1. The quantitative estimate of drug-likeness (QED) is 0.836. The number of methoxy groups -OCH3 is 1. The summed E-state index contributed by atoms with van der Waals surface area (Å²) in [5.41, 5.74) is 1.17. The lowest BCUT2D eigenvalue weighted by molar-refractivity contribution is -0.146. The van der Waals surface area contributed by atoms with Crippen LogP contribution in [0.4, 0.5) is 0 Å². The van der Waals surface area contributed by atoms with E-state index in [2.05, 4.69) is 0 Å². The van der Waals surface area contributed by atoms with Gasteiger partial charge >= 0.3 is 5.97 Å². The van der Waals surface area contributed by atoms with Crippen LogP contribution in [0.15, 0.2) is 18.2 Å². The zero-order chi connectivity index (χ0) is 14.7. The van der Waals surface area contributed by atoms with E-state index in [-0.39, 0.29) is 23.5 Å². The number of aryl methyl sites for hydroxylation is 1. The van der Waals surface area contributed by atoms with Crippen LogP contribution in [0.25, 0.3) is 0 Å². The zero-order valence-corrected chi connectivity index (χ0v) is 11.8. The van der Waals surface area contributed by atoms with Crippen LogP contribution in [0.2, 0.25) is 0 Å². The first-order valence-corrected chi connectivity index (χ1v) is 6.69. The predicted octanol–water partition coefficient (Wildman–Crippen LogP) is 1.73. The number of hydrogen-bond acceptors (Lipinski definition) is 4. The van der Waals surface area contributed by atoms with Gasteiger partial charge in [0.2, 0.25) is 0 Å². The largest absolute Gasteiger partial charge is 0.508 e. The second-order valence-corrected chi connectivity index (χ2v) is 5.11. The highest BCUT2D eigenvalue weighted by Crippen LogP contribution is 2.22. The van der Waals surface area contributed by atoms with Crippen molar-refractivity contribution < 1.29 is 19.4 Å². The Morgan fingerprint density at radius 3 is 2.80 bits per heavy atom. The second-order valence-electron chi connectivity index (χ2n) is 5.11. The van der Waals surface area contributed by atoms with Crippen molar-refractivity contribution in [3.8, 4) is 5.75 Å². The Morgan fingerprint density at radius 1 is 1.40 bits per heavy atom. The summed E-state index contributed by atoms with van der Waals surface area (Å²) in [5, 5.41) is 9.68. The number of likely N-dealkylation sites (tertiary alicyclic amines) is 1. The molecule has 0 aromatic heterocycles. The van der Waals surface area contributed by atoms with Crippen LogP contribution in [0, 0.1) is 12.8 Å². The fourth-order valence-corrected chi connectivity index (χ4v) is 2.45. The van der Waals surface area contributed by atoms with Crippen LogP contribution in [-0.4, -0.2) is 42.1 Å². The molecule has 0 saturated carbocycles. The summed E-state index contributed by atoms with van der Waals surface area (Å²) >= 11 is 0. The minimum atomic E-state index is -0.269. The molecule has 5 nitrogen and oxygen atoms in total. The Hall–Kier alpha value is -2.04. The molecule has 20 heavy (non-hydrogen) atoms. The maximum atomic E-state index is 12.4. The van der Waals surface area contributed by atoms with Crippen LogP contribution >= 0.6 is 0 Å². The standard InChI is InChI=1S/C15H19NO4/c1-10-5-6-11(8-13(10)17)14(18)16-7-3-4-12(9-16)15(19)20-2/h5-6,8,12,17H,3-4,7,9H2,1-2H3. The number of rotatable bonds is 2. The van der Waals surface area contributed by atoms with Crippen molar-refractivity contribution in [1.82, 2.24) is 4.90 Å². The molecule has 0 radical (unpaired) electrons. The second kappa shape index (κ2) is 5.94. The predicted molar refractivity (Wildman–Crippen MR) is 73.5 cm³/mol. The van der Waals surface area contributed by atoms with E-state index in [1.165, 1.54) is 13.2 Å². The van der Waals surface area contributed by atoms with Gasteiger partial charge in [-0.2, -0.15) is 0 Å². The normalized spacial score (nSPS) is 18.7. The van der Waals surface area contributed by atoms with Crippen molar-refractivity contribution in [3.63, 3.8) is 0 Å². The summed E-state index contributed by atoms with van der Waals surface area (Å²) < 4.78 is 4.74. The third-order valence-corrected chi connectivity index (χ3v) is 3.70. The molecule has 1 fully saturated rings. The van der Waals surface area contributed by atoms with Crippen LogP contribution in [0.5, 0.6) is 5.75 Å². The van der Waals surface area contributed by atoms with E-state index in [0.717, 1.165) is 18.4 Å². The van der Waals surface area contributed by atoms with Gasteiger partial charge in [0.1, 0.15) is 5.75 Å². The lowest BCUT2D eigenvalue weighted by atomic mass is 9.97. The Bertz CT molecular complexity index is 527. The fourth-order valence-electron chi connectivity index (χ4n) is 2.45. The van der Waals surface area contributed by atoms with Gasteiger partial charge in [-0.1, -0.05) is 6.07 Å². The molecular weight excluding hydrogens is 258 g/mol. The Balaban J connectivity index is 2.12. The lowest BCUT2D eigenvalue weighted by Crippen LogP contribution is -2.42. The first-order chi connectivity index (χ1) is 9.52. The highest BCUT2D eigenvalue weighted by atomic mass is 16.5. The van der Waals surface area contributed by atoms with Crippen molar-refractivity contribution in [1.29, 1.82) is 0 Å². The summed E-state index contributed by atoms with van der Waals surface area (Å²) in [6, 6.07) is 4.88. The number of phenolic OH excluding ortho intramolecular Hbond substituents is 1. The SMILES string of the molecule is COC(=O)C1CCCN(C(=O)c2ccc(C)c(O)c2)C1. The lowest BCUT2D eigenvalue weighted by Gasteiger charge is -2.31. The van der Waals surface area contributed by atoms with E-state index >= 15 is 0 Å². The first kappa shape index (κ1) is 14.4. The number of benzene rings is 1. The van der Waals surface area contributed by atoms with Gasteiger partial charge in [-0.05, 0) is 37.5 Å². The maximum Gasteiger partial charge on any atom is 0.310 e. The summed E-state index contributed by atoms with van der Waals surface area (Å²) in [4.78, 5) is 25.6. The molecule has 108 valence electrons. The number of phenols is 1. The smallest absolute Gasteiger partial charge is 0.310 e. The van der Waals surface area contributed by atoms with Gasteiger partial charge in [0, 0.05) is 18.7 Å². The van der Waals surface area contributed by atoms with Gasteiger partial charge in [-0.3, -0.25) is 9.59 Å². The average Bonchev–Trinajstić information content (AvgIpc) is 2.48. The molecule has 1 atom stereocenters. The monoisotopic (exact) mass is 277 g/mol. The number of hydrogen-bond donors (Lipinski definition) is 1. The fraction of sp³-hybridized carbons (Fsp3) is 0.467. The number of esters is 1. The molecule has 1 amide bonds. The van der Waals surface area contributed by atoms with Gasteiger partial charge < -0.3 is 14.7 Å². The molecule has 2 rings (SSSR count). The van der Waals surface area contributed by atoms with Crippen molar-refractivity contribution in [3.05, 3.63) is 29.3 Å². The summed E-state index contributed by atoms with van der Waals surface area (Å²) in [6.07, 6.45) is 1.53. The topological polar surface area (TPSA) is 66.8 Å². The number of carbonyl (C=O) groups is 2. The Morgan fingerprint density at radius 2 is 2.15 bits per heavy atom. The molecule has 1 aliphatic rings. The molecule has 1 N–H and O–H groups in total. The van der Waals surface area contributed by atoms with E-state index in [1.807, 2.05) is 0 Å². The number of aromatic hydroxyl groups is 1. The third-order valence-electron chi connectivity index (χ3n) is 3.70. The van der Waals surface area contributed by atoms with Crippen LogP contribution in [-0.2, 0) is 9.53 Å². The molecule has 0 aliphatic carbocycles. The summed E-state index contributed by atoms with van der Waals surface area (Å²) in [6.45, 7) is 2.78. The van der Waals surface area contributed by atoms with E-state index in [0.29, 0.717) is 18.7 Å². The molecule has 0 bridgehead atoms. The molecule has 1 aliphatic heterocycles. The van der Waals surface area contributed by atoms with E-state index in [4.69, 9.17) is 4.74 Å². The Labute approximate surface area is 118 Å². The highest BCUT2D eigenvalue weighted by Gasteiger charge is 2.29. The molecule has 1 aromatic carbocycles. The molecule has 1 aromatic rings. The van der Waals surface area contributed by atoms with Crippen molar-refractivity contribution in [2.75, 3.05) is 20.2 Å². The molecule has 1 heterocycles. The molecular formula is C15H19NO4. The van der Waals surface area contributed by atoms with Crippen LogP contribution in [0.1, 0.15) is 28.8 Å². The van der Waals surface area contributed by atoms with E-state index in [9.17, 15) is 14.7 Å². The maximum absolute atomic E-state index is 12.4.